The quantitative estimate of drug-likeness (QED) is 0.886. The predicted molar refractivity (Wildman–Crippen MR) is 98.9 cm³/mol. The van der Waals surface area contributed by atoms with Crippen molar-refractivity contribution in [1.82, 2.24) is 9.62 Å². The van der Waals surface area contributed by atoms with Crippen molar-refractivity contribution in [2.45, 2.75) is 29.8 Å². The van der Waals surface area contributed by atoms with E-state index in [1.165, 1.54) is 5.56 Å². The molecule has 25 heavy (non-hydrogen) atoms. The second kappa shape index (κ2) is 6.44. The van der Waals surface area contributed by atoms with Crippen LogP contribution in [0.4, 0.5) is 5.69 Å². The molecule has 0 amide bonds. The van der Waals surface area contributed by atoms with Crippen LogP contribution in [0.15, 0.2) is 59.5 Å². The molecule has 1 spiro atoms. The smallest absolute Gasteiger partial charge is 0.244 e. The van der Waals surface area contributed by atoms with Crippen LogP contribution >= 0.6 is 0 Å². The first-order valence-electron chi connectivity index (χ1n) is 8.74. The van der Waals surface area contributed by atoms with Crippen LogP contribution in [-0.4, -0.2) is 38.6 Å². The topological polar surface area (TPSA) is 61.4 Å². The minimum absolute atomic E-state index is 0.340. The zero-order valence-electron chi connectivity index (χ0n) is 14.1. The molecule has 0 radical (unpaired) electrons. The van der Waals surface area contributed by atoms with Crippen molar-refractivity contribution >= 4 is 15.7 Å². The van der Waals surface area contributed by atoms with Crippen LogP contribution in [0.1, 0.15) is 18.4 Å². The molecule has 0 aromatic heterocycles. The number of nitrogens with zero attached hydrogens (tertiary/aromatic N) is 1. The van der Waals surface area contributed by atoms with Crippen molar-refractivity contribution in [3.8, 4) is 0 Å². The lowest BCUT2D eigenvalue weighted by atomic mass is 9.96. The zero-order valence-corrected chi connectivity index (χ0v) is 14.9. The second-order valence-electron chi connectivity index (χ2n) is 6.89. The van der Waals surface area contributed by atoms with Crippen LogP contribution in [-0.2, 0) is 16.4 Å². The lowest BCUT2D eigenvalue weighted by molar-refractivity contribution is 0.166. The van der Waals surface area contributed by atoms with Gasteiger partial charge in [0, 0.05) is 19.6 Å². The van der Waals surface area contributed by atoms with Crippen molar-refractivity contribution in [3.63, 3.8) is 0 Å². The third-order valence-electron chi connectivity index (χ3n) is 5.15. The van der Waals surface area contributed by atoms with Crippen molar-refractivity contribution in [2.75, 3.05) is 25.0 Å². The maximum atomic E-state index is 12.6. The number of anilines is 1. The van der Waals surface area contributed by atoms with Crippen molar-refractivity contribution in [3.05, 3.63) is 60.2 Å². The molecule has 0 atom stereocenters. The van der Waals surface area contributed by atoms with Crippen LogP contribution in [0, 0.1) is 0 Å². The van der Waals surface area contributed by atoms with Crippen molar-refractivity contribution in [1.29, 1.82) is 0 Å². The molecule has 1 fully saturated rings. The van der Waals surface area contributed by atoms with E-state index < -0.39 is 15.7 Å². The number of para-hydroxylation sites is 1. The highest BCUT2D eigenvalue weighted by atomic mass is 32.2. The summed E-state index contributed by atoms with van der Waals surface area (Å²) in [5, 5.41) is 3.45. The van der Waals surface area contributed by atoms with E-state index >= 15 is 0 Å². The van der Waals surface area contributed by atoms with E-state index in [-0.39, 0.29) is 0 Å². The number of hydrogen-bond acceptors (Lipinski definition) is 4. The molecule has 1 saturated heterocycles. The van der Waals surface area contributed by atoms with E-state index in [1.807, 2.05) is 18.2 Å². The van der Waals surface area contributed by atoms with E-state index in [0.717, 1.165) is 38.9 Å². The summed E-state index contributed by atoms with van der Waals surface area (Å²) in [6.07, 6.45) is 2.54. The van der Waals surface area contributed by atoms with Crippen molar-refractivity contribution in [2.24, 2.45) is 0 Å². The molecular formula is C19H23N3O2S. The summed E-state index contributed by atoms with van der Waals surface area (Å²) < 4.78 is 28.0. The molecule has 6 heteroatoms. The fraction of sp³-hybridized carbons (Fsp3) is 0.368. The Labute approximate surface area is 149 Å². The Kier molecular flexibility index (Phi) is 4.27. The Balaban J connectivity index is 1.42. The summed E-state index contributed by atoms with van der Waals surface area (Å²) >= 11 is 0. The monoisotopic (exact) mass is 357 g/mol. The number of fused-ring (bicyclic) bond motifs is 1. The number of rotatable bonds is 3. The van der Waals surface area contributed by atoms with Gasteiger partial charge in [-0.2, -0.15) is 4.72 Å². The Hall–Kier alpha value is -1.89. The molecular weight excluding hydrogens is 334 g/mol. The number of likely N-dealkylation sites (tertiary alicyclic amines) is 1. The van der Waals surface area contributed by atoms with Crippen LogP contribution in [0.3, 0.4) is 0 Å². The van der Waals surface area contributed by atoms with Gasteiger partial charge >= 0.3 is 0 Å². The van der Waals surface area contributed by atoms with E-state index in [2.05, 4.69) is 39.2 Å². The standard InChI is InChI=1S/C19H23N3O2S/c23-25(24)18-9-5-4-8-17(18)20-19(21-25)11-14-22(15-12-19)13-10-16-6-2-1-3-7-16/h1-9,20-21H,10-15H2. The summed E-state index contributed by atoms with van der Waals surface area (Å²) in [7, 11) is -3.45. The molecule has 4 rings (SSSR count). The van der Waals surface area contributed by atoms with E-state index in [0.29, 0.717) is 10.6 Å². The molecule has 0 saturated carbocycles. The maximum absolute atomic E-state index is 12.6. The Bertz CT molecular complexity index is 844. The summed E-state index contributed by atoms with van der Waals surface area (Å²) in [5.41, 5.74) is 1.49. The zero-order chi connectivity index (χ0) is 17.3. The molecule has 0 bridgehead atoms. The highest BCUT2D eigenvalue weighted by Gasteiger charge is 2.42. The lowest BCUT2D eigenvalue weighted by Crippen LogP contribution is -2.62. The molecule has 2 aliphatic heterocycles. The molecule has 2 aromatic rings. The minimum Gasteiger partial charge on any atom is -0.365 e. The number of nitrogens with one attached hydrogen (secondary N) is 2. The SMILES string of the molecule is O=S1(=O)NC2(CCN(CCc3ccccc3)CC2)Nc2ccccc21. The summed E-state index contributed by atoms with van der Waals surface area (Å²) in [4.78, 5) is 2.75. The van der Waals surface area contributed by atoms with Gasteiger partial charge in [-0.15, -0.1) is 0 Å². The van der Waals surface area contributed by atoms with Gasteiger partial charge < -0.3 is 10.2 Å². The largest absolute Gasteiger partial charge is 0.365 e. The summed E-state index contributed by atoms with van der Waals surface area (Å²) in [5.74, 6) is 0. The number of piperidine rings is 1. The molecule has 132 valence electrons. The third-order valence-corrected chi connectivity index (χ3v) is 6.74. The fourth-order valence-corrected chi connectivity index (χ4v) is 5.26. The van der Waals surface area contributed by atoms with Crippen LogP contribution < -0.4 is 10.0 Å². The van der Waals surface area contributed by atoms with Crippen molar-refractivity contribution < 1.29 is 8.42 Å². The summed E-state index contributed by atoms with van der Waals surface area (Å²) in [6.45, 7) is 2.76. The normalized spacial score (nSPS) is 21.4. The number of sulfonamides is 1. The average Bonchev–Trinajstić information content (AvgIpc) is 2.62. The molecule has 2 aliphatic rings. The first-order valence-corrected chi connectivity index (χ1v) is 10.2. The Morgan fingerprint density at radius 3 is 2.40 bits per heavy atom. The molecule has 0 aliphatic carbocycles. The van der Waals surface area contributed by atoms with Gasteiger partial charge in [-0.05, 0) is 37.0 Å². The van der Waals surface area contributed by atoms with Gasteiger partial charge in [0.05, 0.1) is 5.69 Å². The van der Waals surface area contributed by atoms with Crippen LogP contribution in [0.25, 0.3) is 0 Å². The fourth-order valence-electron chi connectivity index (χ4n) is 3.72. The lowest BCUT2D eigenvalue weighted by Gasteiger charge is -2.45. The van der Waals surface area contributed by atoms with Crippen LogP contribution in [0.5, 0.6) is 0 Å². The minimum atomic E-state index is -3.45. The van der Waals surface area contributed by atoms with Gasteiger partial charge in [0.1, 0.15) is 10.6 Å². The maximum Gasteiger partial charge on any atom is 0.244 e. The van der Waals surface area contributed by atoms with Gasteiger partial charge in [0.2, 0.25) is 10.0 Å². The molecule has 2 heterocycles. The van der Waals surface area contributed by atoms with E-state index in [4.69, 9.17) is 0 Å². The van der Waals surface area contributed by atoms with E-state index in [9.17, 15) is 8.42 Å². The Morgan fingerprint density at radius 1 is 0.960 bits per heavy atom. The van der Waals surface area contributed by atoms with Gasteiger partial charge in [0.25, 0.3) is 0 Å². The molecule has 0 unspecified atom stereocenters. The number of hydrogen-bond donors (Lipinski definition) is 2. The second-order valence-corrected chi connectivity index (χ2v) is 8.54. The Morgan fingerprint density at radius 2 is 1.64 bits per heavy atom. The van der Waals surface area contributed by atoms with Gasteiger partial charge in [-0.1, -0.05) is 42.5 Å². The third kappa shape index (κ3) is 3.42. The highest BCUT2D eigenvalue weighted by molar-refractivity contribution is 7.89. The average molecular weight is 357 g/mol. The molecule has 5 nitrogen and oxygen atoms in total. The predicted octanol–water partition coefficient (Wildman–Crippen LogP) is 2.43. The first-order chi connectivity index (χ1) is 12.1. The number of benzene rings is 2. The highest BCUT2D eigenvalue weighted by Crippen LogP contribution is 2.34. The first kappa shape index (κ1) is 16.6. The van der Waals surface area contributed by atoms with Gasteiger partial charge in [-0.25, -0.2) is 8.42 Å². The van der Waals surface area contributed by atoms with Gasteiger partial charge in [-0.3, -0.25) is 0 Å². The summed E-state index contributed by atoms with van der Waals surface area (Å²) in [6, 6.07) is 17.6. The van der Waals surface area contributed by atoms with E-state index in [1.54, 1.807) is 12.1 Å². The molecule has 2 aromatic carbocycles. The van der Waals surface area contributed by atoms with Crippen LogP contribution in [0.2, 0.25) is 0 Å². The molecule has 2 N–H and O–H groups in total. The van der Waals surface area contributed by atoms with Gasteiger partial charge in [0.15, 0.2) is 0 Å².